The second-order valence-corrected chi connectivity index (χ2v) is 4.84. The minimum absolute atomic E-state index is 0.551. The van der Waals surface area contributed by atoms with E-state index in [4.69, 9.17) is 4.74 Å². The zero-order chi connectivity index (χ0) is 9.80. The summed E-state index contributed by atoms with van der Waals surface area (Å²) >= 11 is 0. The fourth-order valence-corrected chi connectivity index (χ4v) is 2.80. The third-order valence-electron chi connectivity index (χ3n) is 3.55. The number of hydrogen-bond acceptors (Lipinski definition) is 2. The van der Waals surface area contributed by atoms with E-state index in [0.29, 0.717) is 6.10 Å². The molecule has 0 aromatic rings. The predicted octanol–water partition coefficient (Wildman–Crippen LogP) is 2.29. The topological polar surface area (TPSA) is 12.5 Å². The zero-order valence-electron chi connectivity index (χ0n) is 9.37. The Morgan fingerprint density at radius 3 is 3.00 bits per heavy atom. The van der Waals surface area contributed by atoms with Crippen molar-refractivity contribution in [2.45, 2.75) is 45.1 Å². The number of nitrogens with zero attached hydrogens (tertiary/aromatic N) is 1. The van der Waals surface area contributed by atoms with Crippen molar-refractivity contribution >= 4 is 0 Å². The molecule has 2 atom stereocenters. The van der Waals surface area contributed by atoms with Crippen LogP contribution in [-0.4, -0.2) is 37.2 Å². The van der Waals surface area contributed by atoms with Crippen molar-refractivity contribution in [2.24, 2.45) is 5.92 Å². The summed E-state index contributed by atoms with van der Waals surface area (Å²) in [7, 11) is 0. The molecule has 0 aromatic carbocycles. The zero-order valence-corrected chi connectivity index (χ0v) is 9.37. The minimum Gasteiger partial charge on any atom is -0.377 e. The number of hydrogen-bond donors (Lipinski definition) is 0. The third kappa shape index (κ3) is 2.71. The molecule has 2 rings (SSSR count). The largest absolute Gasteiger partial charge is 0.377 e. The maximum atomic E-state index is 5.67. The van der Waals surface area contributed by atoms with Gasteiger partial charge in [0.15, 0.2) is 0 Å². The minimum atomic E-state index is 0.551. The number of likely N-dealkylation sites (tertiary alicyclic amines) is 1. The Morgan fingerprint density at radius 1 is 1.36 bits per heavy atom. The van der Waals surface area contributed by atoms with E-state index in [1.807, 2.05) is 0 Å². The van der Waals surface area contributed by atoms with E-state index in [9.17, 15) is 0 Å². The van der Waals surface area contributed by atoms with Crippen LogP contribution in [0.15, 0.2) is 0 Å². The maximum absolute atomic E-state index is 5.67. The van der Waals surface area contributed by atoms with Crippen molar-refractivity contribution in [1.29, 1.82) is 0 Å². The molecule has 0 amide bonds. The lowest BCUT2D eigenvalue weighted by Gasteiger charge is -2.19. The van der Waals surface area contributed by atoms with Gasteiger partial charge in [-0.05, 0) is 38.1 Å². The monoisotopic (exact) mass is 197 g/mol. The number of rotatable bonds is 4. The van der Waals surface area contributed by atoms with Crippen molar-refractivity contribution in [3.8, 4) is 0 Å². The van der Waals surface area contributed by atoms with Crippen LogP contribution in [0.2, 0.25) is 0 Å². The van der Waals surface area contributed by atoms with Crippen LogP contribution in [0.5, 0.6) is 0 Å². The van der Waals surface area contributed by atoms with Crippen LogP contribution >= 0.6 is 0 Å². The molecule has 2 heteroatoms. The van der Waals surface area contributed by atoms with E-state index < -0.39 is 0 Å². The van der Waals surface area contributed by atoms with E-state index in [1.54, 1.807) is 0 Å². The Kier molecular flexibility index (Phi) is 3.82. The lowest BCUT2D eigenvalue weighted by atomic mass is 10.0. The molecule has 0 saturated carbocycles. The van der Waals surface area contributed by atoms with Gasteiger partial charge in [-0.2, -0.15) is 0 Å². The SMILES string of the molecule is CCCC1CCN(CC2CCCO2)C1. The van der Waals surface area contributed by atoms with Gasteiger partial charge in [0.25, 0.3) is 0 Å². The molecule has 2 aliphatic heterocycles. The van der Waals surface area contributed by atoms with Gasteiger partial charge in [0.1, 0.15) is 0 Å². The van der Waals surface area contributed by atoms with E-state index in [1.165, 1.54) is 51.7 Å². The molecule has 0 N–H and O–H groups in total. The van der Waals surface area contributed by atoms with Crippen molar-refractivity contribution < 1.29 is 4.74 Å². The Morgan fingerprint density at radius 2 is 2.29 bits per heavy atom. The first-order valence-electron chi connectivity index (χ1n) is 6.22. The summed E-state index contributed by atoms with van der Waals surface area (Å²) in [5.41, 5.74) is 0. The van der Waals surface area contributed by atoms with Gasteiger partial charge >= 0.3 is 0 Å². The van der Waals surface area contributed by atoms with Gasteiger partial charge in [-0.15, -0.1) is 0 Å². The lowest BCUT2D eigenvalue weighted by molar-refractivity contribution is 0.0795. The van der Waals surface area contributed by atoms with Gasteiger partial charge in [-0.3, -0.25) is 0 Å². The van der Waals surface area contributed by atoms with Crippen molar-refractivity contribution in [3.05, 3.63) is 0 Å². The van der Waals surface area contributed by atoms with Gasteiger partial charge in [-0.25, -0.2) is 0 Å². The fraction of sp³-hybridized carbons (Fsp3) is 1.00. The van der Waals surface area contributed by atoms with Gasteiger partial charge in [0.2, 0.25) is 0 Å². The van der Waals surface area contributed by atoms with Crippen molar-refractivity contribution in [1.82, 2.24) is 4.90 Å². The highest BCUT2D eigenvalue weighted by Crippen LogP contribution is 2.22. The first-order chi connectivity index (χ1) is 6.88. The molecule has 2 unspecified atom stereocenters. The summed E-state index contributed by atoms with van der Waals surface area (Å²) < 4.78 is 5.67. The second-order valence-electron chi connectivity index (χ2n) is 4.84. The highest BCUT2D eigenvalue weighted by Gasteiger charge is 2.25. The molecule has 82 valence electrons. The molecule has 14 heavy (non-hydrogen) atoms. The molecule has 2 aliphatic rings. The van der Waals surface area contributed by atoms with E-state index in [0.717, 1.165) is 12.5 Å². The number of ether oxygens (including phenoxy) is 1. The van der Waals surface area contributed by atoms with Crippen LogP contribution in [0, 0.1) is 5.92 Å². The summed E-state index contributed by atoms with van der Waals surface area (Å²) in [5, 5.41) is 0. The molecule has 2 fully saturated rings. The van der Waals surface area contributed by atoms with Crippen LogP contribution in [0.4, 0.5) is 0 Å². The molecule has 2 saturated heterocycles. The van der Waals surface area contributed by atoms with Crippen molar-refractivity contribution in [3.63, 3.8) is 0 Å². The van der Waals surface area contributed by atoms with E-state index >= 15 is 0 Å². The smallest absolute Gasteiger partial charge is 0.0702 e. The average Bonchev–Trinajstić information content (AvgIpc) is 2.79. The predicted molar refractivity (Wildman–Crippen MR) is 58.4 cm³/mol. The van der Waals surface area contributed by atoms with Crippen LogP contribution < -0.4 is 0 Å². The Hall–Kier alpha value is -0.0800. The normalized spacial score (nSPS) is 34.1. The highest BCUT2D eigenvalue weighted by molar-refractivity contribution is 4.78. The molecule has 0 spiro atoms. The molecular weight excluding hydrogens is 174 g/mol. The Balaban J connectivity index is 1.67. The van der Waals surface area contributed by atoms with E-state index in [2.05, 4.69) is 11.8 Å². The van der Waals surface area contributed by atoms with Crippen LogP contribution in [0.3, 0.4) is 0 Å². The Bertz CT molecular complexity index is 166. The standard InChI is InChI=1S/C12H23NO/c1-2-4-11-6-7-13(9-11)10-12-5-3-8-14-12/h11-12H,2-10H2,1H3. The van der Waals surface area contributed by atoms with Gasteiger partial charge < -0.3 is 9.64 Å². The molecule has 0 radical (unpaired) electrons. The van der Waals surface area contributed by atoms with Crippen LogP contribution in [0.25, 0.3) is 0 Å². The molecular formula is C12H23NO. The molecule has 0 aliphatic carbocycles. The Labute approximate surface area is 87.6 Å². The molecule has 0 aromatic heterocycles. The summed E-state index contributed by atoms with van der Waals surface area (Å²) in [6, 6.07) is 0. The third-order valence-corrected chi connectivity index (χ3v) is 3.55. The average molecular weight is 197 g/mol. The van der Waals surface area contributed by atoms with Gasteiger partial charge in [0.05, 0.1) is 6.10 Å². The molecule has 2 heterocycles. The first-order valence-corrected chi connectivity index (χ1v) is 6.22. The first kappa shape index (κ1) is 10.4. The summed E-state index contributed by atoms with van der Waals surface area (Å²) in [4.78, 5) is 2.61. The lowest BCUT2D eigenvalue weighted by Crippen LogP contribution is -2.30. The summed E-state index contributed by atoms with van der Waals surface area (Å²) in [6.45, 7) is 7.12. The quantitative estimate of drug-likeness (QED) is 0.685. The molecule has 0 bridgehead atoms. The van der Waals surface area contributed by atoms with Crippen LogP contribution in [-0.2, 0) is 4.74 Å². The van der Waals surface area contributed by atoms with Crippen molar-refractivity contribution in [2.75, 3.05) is 26.2 Å². The van der Waals surface area contributed by atoms with Gasteiger partial charge in [-0.1, -0.05) is 13.3 Å². The second kappa shape index (κ2) is 5.13. The fourth-order valence-electron chi connectivity index (χ4n) is 2.80. The molecule has 2 nitrogen and oxygen atoms in total. The maximum Gasteiger partial charge on any atom is 0.0702 e. The highest BCUT2D eigenvalue weighted by atomic mass is 16.5. The summed E-state index contributed by atoms with van der Waals surface area (Å²) in [5.74, 6) is 0.974. The van der Waals surface area contributed by atoms with Crippen LogP contribution in [0.1, 0.15) is 39.0 Å². The van der Waals surface area contributed by atoms with Gasteiger partial charge in [0, 0.05) is 19.7 Å². The van der Waals surface area contributed by atoms with E-state index in [-0.39, 0.29) is 0 Å². The summed E-state index contributed by atoms with van der Waals surface area (Å²) in [6.07, 6.45) is 7.29.